The first kappa shape index (κ1) is 27.8. The molecule has 0 bridgehead atoms. The van der Waals surface area contributed by atoms with Crippen molar-refractivity contribution >= 4 is 5.97 Å². The van der Waals surface area contributed by atoms with E-state index in [-0.39, 0.29) is 23.8 Å². The van der Waals surface area contributed by atoms with Crippen molar-refractivity contribution in [2.24, 2.45) is 17.8 Å². The largest absolute Gasteiger partial charge is 0.465 e. The molecule has 0 saturated heterocycles. The molecule has 0 aromatic heterocycles. The third kappa shape index (κ3) is 7.13. The summed E-state index contributed by atoms with van der Waals surface area (Å²) in [5.41, 5.74) is 0.802. The van der Waals surface area contributed by atoms with Gasteiger partial charge in [-0.05, 0) is 80.4 Å². The molecule has 0 N–H and O–H groups in total. The number of halogens is 7. The van der Waals surface area contributed by atoms with Gasteiger partial charge in [0.25, 0.3) is 0 Å². The second kappa shape index (κ2) is 11.5. The summed E-state index contributed by atoms with van der Waals surface area (Å²) >= 11 is 0. The van der Waals surface area contributed by atoms with E-state index in [2.05, 4.69) is 4.74 Å². The van der Waals surface area contributed by atoms with E-state index in [9.17, 15) is 35.5 Å². The van der Waals surface area contributed by atoms with Crippen LogP contribution >= 0.6 is 0 Å². The Morgan fingerprint density at radius 2 is 1.23 bits per heavy atom. The molecule has 0 radical (unpaired) electrons. The van der Waals surface area contributed by atoms with Gasteiger partial charge in [0.2, 0.25) is 0 Å². The Morgan fingerprint density at radius 1 is 0.800 bits per heavy atom. The molecule has 3 rings (SSSR count). The molecule has 0 aliphatic heterocycles. The van der Waals surface area contributed by atoms with E-state index in [1.165, 1.54) is 12.1 Å². The van der Waals surface area contributed by atoms with E-state index < -0.39 is 36.3 Å². The minimum absolute atomic E-state index is 0.0764. The van der Waals surface area contributed by atoms with Gasteiger partial charge in [0.1, 0.15) is 11.6 Å². The molecular weight excluding hydrogens is 477 g/mol. The van der Waals surface area contributed by atoms with Crippen LogP contribution in [0.15, 0.2) is 12.1 Å². The summed E-state index contributed by atoms with van der Waals surface area (Å²) in [5, 5.41) is 0. The first-order valence-electron chi connectivity index (χ1n) is 12.5. The molecule has 198 valence electrons. The Hall–Kier alpha value is -1.80. The zero-order valence-electron chi connectivity index (χ0n) is 19.9. The minimum Gasteiger partial charge on any atom is -0.461 e. The average molecular weight is 511 g/mol. The van der Waals surface area contributed by atoms with Crippen LogP contribution in [0.3, 0.4) is 0 Å². The highest BCUT2D eigenvalue weighted by Crippen LogP contribution is 2.42. The predicted molar refractivity (Wildman–Crippen MR) is 117 cm³/mol. The van der Waals surface area contributed by atoms with Crippen LogP contribution in [-0.4, -0.2) is 24.7 Å². The molecule has 1 aromatic rings. The Bertz CT molecular complexity index is 829. The summed E-state index contributed by atoms with van der Waals surface area (Å²) in [7, 11) is 0. The number of rotatable bonds is 8. The van der Waals surface area contributed by atoms with E-state index in [0.717, 1.165) is 64.2 Å². The number of esters is 1. The lowest BCUT2D eigenvalue weighted by molar-refractivity contribution is -0.280. The number of alkyl halides is 5. The van der Waals surface area contributed by atoms with E-state index >= 15 is 0 Å². The lowest BCUT2D eigenvalue weighted by Gasteiger charge is -2.32. The minimum atomic E-state index is -5.95. The van der Waals surface area contributed by atoms with Crippen molar-refractivity contribution in [2.75, 3.05) is 6.61 Å². The number of ether oxygens (including phenoxy) is 1. The third-order valence-electron chi connectivity index (χ3n) is 7.80. The fraction of sp³-hybridized carbons (Fsp3) is 0.731. The molecule has 2 fully saturated rings. The second-order valence-corrected chi connectivity index (χ2v) is 10.3. The van der Waals surface area contributed by atoms with Gasteiger partial charge in [-0.25, -0.2) is 13.6 Å². The molecule has 0 spiro atoms. The maximum absolute atomic E-state index is 14.3. The number of carbonyl (C=O) groups is 1. The van der Waals surface area contributed by atoms with Gasteiger partial charge in [-0.1, -0.05) is 38.5 Å². The highest BCUT2D eigenvalue weighted by atomic mass is 19.4. The number of hydrogen-bond donors (Lipinski definition) is 0. The van der Waals surface area contributed by atoms with Crippen molar-refractivity contribution in [1.29, 1.82) is 0 Å². The Kier molecular flexibility index (Phi) is 9.13. The molecule has 0 atom stereocenters. The highest BCUT2D eigenvalue weighted by Gasteiger charge is 2.64. The van der Waals surface area contributed by atoms with E-state index in [1.807, 2.05) is 0 Å². The van der Waals surface area contributed by atoms with Crippen molar-refractivity contribution < 1.29 is 40.3 Å². The zero-order valence-corrected chi connectivity index (χ0v) is 19.9. The molecule has 2 saturated carbocycles. The molecule has 9 heteroatoms. The summed E-state index contributed by atoms with van der Waals surface area (Å²) in [4.78, 5) is 11.1. The topological polar surface area (TPSA) is 26.3 Å². The van der Waals surface area contributed by atoms with Crippen molar-refractivity contribution in [2.45, 2.75) is 95.6 Å². The van der Waals surface area contributed by atoms with Gasteiger partial charge in [0, 0.05) is 5.56 Å². The standard InChI is InChI=1S/C26H33F7O2/c1-16-14-21(27)23(22(28)15-16)20-10-8-18(9-11-20)3-2-17-4-6-19(7-5-17)12-13-35-24(34)25(29,30)26(31,32)33/h14-15,17-20H,2-13H2,1H3. The van der Waals surface area contributed by atoms with E-state index in [4.69, 9.17) is 0 Å². The van der Waals surface area contributed by atoms with Crippen LogP contribution in [0.1, 0.15) is 87.7 Å². The summed E-state index contributed by atoms with van der Waals surface area (Å²) < 4.78 is 95.1. The summed E-state index contributed by atoms with van der Waals surface area (Å²) in [6.45, 7) is 1.24. The number of benzene rings is 1. The molecule has 2 aliphatic carbocycles. The molecule has 35 heavy (non-hydrogen) atoms. The molecule has 2 aliphatic rings. The maximum Gasteiger partial charge on any atom is 0.465 e. The van der Waals surface area contributed by atoms with Crippen LogP contribution < -0.4 is 0 Å². The molecule has 0 amide bonds. The van der Waals surface area contributed by atoms with Gasteiger partial charge in [-0.15, -0.1) is 0 Å². The summed E-state index contributed by atoms with van der Waals surface area (Å²) in [6, 6.07) is 2.78. The highest BCUT2D eigenvalue weighted by molar-refractivity contribution is 5.78. The molecule has 1 aromatic carbocycles. The lowest BCUT2D eigenvalue weighted by Crippen LogP contribution is -2.45. The van der Waals surface area contributed by atoms with Crippen LogP contribution in [-0.2, 0) is 9.53 Å². The first-order chi connectivity index (χ1) is 16.4. The average Bonchev–Trinajstić information content (AvgIpc) is 2.78. The number of carbonyl (C=O) groups excluding carboxylic acids is 1. The van der Waals surface area contributed by atoms with Crippen LogP contribution in [0, 0.1) is 36.3 Å². The quantitative estimate of drug-likeness (QED) is 0.260. The van der Waals surface area contributed by atoms with E-state index in [0.29, 0.717) is 17.4 Å². The van der Waals surface area contributed by atoms with Crippen molar-refractivity contribution in [3.8, 4) is 0 Å². The summed E-state index contributed by atoms with van der Waals surface area (Å²) in [5.74, 6) is -7.78. The van der Waals surface area contributed by atoms with Crippen molar-refractivity contribution in [3.63, 3.8) is 0 Å². The third-order valence-corrected chi connectivity index (χ3v) is 7.80. The van der Waals surface area contributed by atoms with Crippen LogP contribution in [0.25, 0.3) is 0 Å². The van der Waals surface area contributed by atoms with Crippen molar-refractivity contribution in [1.82, 2.24) is 0 Å². The van der Waals surface area contributed by atoms with Gasteiger partial charge in [-0.2, -0.15) is 22.0 Å². The second-order valence-electron chi connectivity index (χ2n) is 10.3. The summed E-state index contributed by atoms with van der Waals surface area (Å²) in [6.07, 6.45) is 3.46. The lowest BCUT2D eigenvalue weighted by atomic mass is 9.74. The van der Waals surface area contributed by atoms with Gasteiger partial charge in [0.05, 0.1) is 6.61 Å². The van der Waals surface area contributed by atoms with E-state index in [1.54, 1.807) is 6.92 Å². The van der Waals surface area contributed by atoms with Gasteiger partial charge in [0.15, 0.2) is 0 Å². The normalized spacial score (nSPS) is 25.9. The number of hydrogen-bond acceptors (Lipinski definition) is 2. The zero-order chi connectivity index (χ0) is 25.8. The fourth-order valence-electron chi connectivity index (χ4n) is 5.65. The smallest absolute Gasteiger partial charge is 0.461 e. The molecular formula is C26H33F7O2. The van der Waals surface area contributed by atoms with Crippen LogP contribution in [0.2, 0.25) is 0 Å². The Morgan fingerprint density at radius 3 is 1.69 bits per heavy atom. The van der Waals surface area contributed by atoms with Gasteiger partial charge < -0.3 is 4.74 Å². The van der Waals surface area contributed by atoms with Crippen molar-refractivity contribution in [3.05, 3.63) is 34.9 Å². The van der Waals surface area contributed by atoms with Gasteiger partial charge in [-0.3, -0.25) is 0 Å². The monoisotopic (exact) mass is 510 g/mol. The Balaban J connectivity index is 1.32. The fourth-order valence-corrected chi connectivity index (χ4v) is 5.65. The number of aryl methyl sites for hydroxylation is 1. The molecule has 0 heterocycles. The Labute approximate surface area is 201 Å². The van der Waals surface area contributed by atoms with Gasteiger partial charge >= 0.3 is 18.1 Å². The van der Waals surface area contributed by atoms with Crippen LogP contribution in [0.4, 0.5) is 30.7 Å². The maximum atomic E-state index is 14.3. The van der Waals surface area contributed by atoms with Crippen LogP contribution in [0.5, 0.6) is 0 Å². The molecule has 0 unspecified atom stereocenters. The SMILES string of the molecule is Cc1cc(F)c(C2CCC(CCC3CCC(CCOC(=O)C(F)(F)C(F)(F)F)CC3)CC2)c(F)c1. The predicted octanol–water partition coefficient (Wildman–Crippen LogP) is 8.26. The first-order valence-corrected chi connectivity index (χ1v) is 12.5. The molecule has 2 nitrogen and oxygen atoms in total.